The van der Waals surface area contributed by atoms with Crippen molar-refractivity contribution in [2.75, 3.05) is 14.2 Å². The first kappa shape index (κ1) is 13.9. The Morgan fingerprint density at radius 3 is 2.33 bits per heavy atom. The molecule has 2 aromatic rings. The van der Waals surface area contributed by atoms with Gasteiger partial charge in [-0.3, -0.25) is 0 Å². The summed E-state index contributed by atoms with van der Waals surface area (Å²) in [6.45, 7) is 0. The fraction of sp³-hybridized carbons (Fsp3) is 0.294. The molecule has 1 atom stereocenters. The number of rotatable bonds is 3. The molecule has 4 heteroatoms. The molecule has 0 saturated heterocycles. The lowest BCUT2D eigenvalue weighted by atomic mass is 9.87. The summed E-state index contributed by atoms with van der Waals surface area (Å²) >= 11 is 0. The van der Waals surface area contributed by atoms with Gasteiger partial charge in [0.1, 0.15) is 22.9 Å². The van der Waals surface area contributed by atoms with Crippen molar-refractivity contribution in [1.82, 2.24) is 0 Å². The van der Waals surface area contributed by atoms with E-state index in [0.717, 1.165) is 11.1 Å². The minimum atomic E-state index is -1.13. The lowest BCUT2D eigenvalue weighted by Gasteiger charge is -2.25. The third kappa shape index (κ3) is 2.25. The predicted molar refractivity (Wildman–Crippen MR) is 77.3 cm³/mol. The van der Waals surface area contributed by atoms with Crippen LogP contribution in [0.4, 0.5) is 4.39 Å². The van der Waals surface area contributed by atoms with Crippen LogP contribution in [0.15, 0.2) is 36.4 Å². The van der Waals surface area contributed by atoms with Crippen molar-refractivity contribution in [1.29, 1.82) is 0 Å². The van der Waals surface area contributed by atoms with Gasteiger partial charge in [0.2, 0.25) is 0 Å². The zero-order chi connectivity index (χ0) is 15.0. The highest BCUT2D eigenvalue weighted by atomic mass is 19.1. The second-order valence-electron chi connectivity index (χ2n) is 5.26. The minimum absolute atomic E-state index is 0.277. The zero-order valence-electron chi connectivity index (χ0n) is 12.0. The number of ether oxygens (including phenoxy) is 2. The van der Waals surface area contributed by atoms with Crippen molar-refractivity contribution < 1.29 is 19.0 Å². The first-order valence-corrected chi connectivity index (χ1v) is 6.81. The molecule has 1 aliphatic carbocycles. The van der Waals surface area contributed by atoms with Gasteiger partial charge < -0.3 is 14.6 Å². The van der Waals surface area contributed by atoms with Crippen molar-refractivity contribution in [2.45, 2.75) is 18.4 Å². The Labute approximate surface area is 122 Å². The van der Waals surface area contributed by atoms with Gasteiger partial charge in [-0.25, -0.2) is 4.39 Å². The van der Waals surface area contributed by atoms with E-state index in [1.54, 1.807) is 38.5 Å². The molecule has 0 amide bonds. The molecule has 0 aliphatic heterocycles. The number of aliphatic hydroxyl groups is 1. The highest BCUT2D eigenvalue weighted by Crippen LogP contribution is 2.44. The fourth-order valence-corrected chi connectivity index (χ4v) is 2.97. The summed E-state index contributed by atoms with van der Waals surface area (Å²) < 4.78 is 23.8. The normalized spacial score (nSPS) is 20.2. The number of benzene rings is 2. The number of hydrogen-bond donors (Lipinski definition) is 1. The van der Waals surface area contributed by atoms with E-state index in [4.69, 9.17) is 9.47 Å². The van der Waals surface area contributed by atoms with Gasteiger partial charge in [-0.15, -0.1) is 0 Å². The van der Waals surface area contributed by atoms with E-state index in [1.165, 1.54) is 12.1 Å². The zero-order valence-corrected chi connectivity index (χ0v) is 12.0. The maximum atomic E-state index is 13.3. The van der Waals surface area contributed by atoms with Gasteiger partial charge in [0, 0.05) is 6.07 Å². The Bertz CT molecular complexity index is 661. The lowest BCUT2D eigenvalue weighted by Crippen LogP contribution is -2.24. The quantitative estimate of drug-likeness (QED) is 0.943. The van der Waals surface area contributed by atoms with E-state index in [1.807, 2.05) is 0 Å². The van der Waals surface area contributed by atoms with Crippen LogP contribution in [0, 0.1) is 5.82 Å². The molecule has 0 fully saturated rings. The van der Waals surface area contributed by atoms with E-state index >= 15 is 0 Å². The van der Waals surface area contributed by atoms with Gasteiger partial charge in [-0.2, -0.15) is 0 Å². The molecule has 0 saturated carbocycles. The van der Waals surface area contributed by atoms with Crippen LogP contribution in [0.25, 0.3) is 0 Å². The Kier molecular flexibility index (Phi) is 3.33. The van der Waals surface area contributed by atoms with Crippen LogP contribution >= 0.6 is 0 Å². The van der Waals surface area contributed by atoms with Crippen LogP contribution in [0.2, 0.25) is 0 Å². The van der Waals surface area contributed by atoms with Crippen molar-refractivity contribution >= 4 is 0 Å². The second kappa shape index (κ2) is 5.04. The van der Waals surface area contributed by atoms with Crippen LogP contribution in [0.3, 0.4) is 0 Å². The van der Waals surface area contributed by atoms with E-state index in [-0.39, 0.29) is 5.82 Å². The first-order valence-electron chi connectivity index (χ1n) is 6.81. The van der Waals surface area contributed by atoms with Gasteiger partial charge in [-0.05, 0) is 53.8 Å². The Morgan fingerprint density at radius 1 is 1.05 bits per heavy atom. The SMILES string of the molecule is COc1cc(OC)cc(C2(O)CCc3cc(F)ccc32)c1. The molecule has 3 nitrogen and oxygen atoms in total. The van der Waals surface area contributed by atoms with Crippen LogP contribution in [-0.2, 0) is 12.0 Å². The van der Waals surface area contributed by atoms with Crippen LogP contribution in [-0.4, -0.2) is 19.3 Å². The fourth-order valence-electron chi connectivity index (χ4n) is 2.97. The average Bonchev–Trinajstić information content (AvgIpc) is 2.84. The Morgan fingerprint density at radius 2 is 1.71 bits per heavy atom. The van der Waals surface area contributed by atoms with Gasteiger partial charge in [0.05, 0.1) is 14.2 Å². The molecule has 1 unspecified atom stereocenters. The number of fused-ring (bicyclic) bond motifs is 1. The summed E-state index contributed by atoms with van der Waals surface area (Å²) in [5, 5.41) is 11.1. The summed E-state index contributed by atoms with van der Waals surface area (Å²) in [5.74, 6) is 0.961. The highest BCUT2D eigenvalue weighted by molar-refractivity contribution is 5.49. The molecule has 0 bridgehead atoms. The van der Waals surface area contributed by atoms with Crippen molar-refractivity contribution in [3.05, 3.63) is 58.9 Å². The molecule has 1 N–H and O–H groups in total. The number of aryl methyl sites for hydroxylation is 1. The van der Waals surface area contributed by atoms with Crippen LogP contribution in [0.5, 0.6) is 11.5 Å². The second-order valence-corrected chi connectivity index (χ2v) is 5.26. The monoisotopic (exact) mass is 288 g/mol. The molecular weight excluding hydrogens is 271 g/mol. The third-order valence-electron chi connectivity index (χ3n) is 4.10. The van der Waals surface area contributed by atoms with Crippen molar-refractivity contribution in [2.24, 2.45) is 0 Å². The number of methoxy groups -OCH3 is 2. The van der Waals surface area contributed by atoms with Crippen molar-refractivity contribution in [3.63, 3.8) is 0 Å². The molecule has 110 valence electrons. The molecule has 0 radical (unpaired) electrons. The minimum Gasteiger partial charge on any atom is -0.497 e. The Balaban J connectivity index is 2.13. The largest absolute Gasteiger partial charge is 0.497 e. The number of hydrogen-bond acceptors (Lipinski definition) is 3. The smallest absolute Gasteiger partial charge is 0.123 e. The van der Waals surface area contributed by atoms with Gasteiger partial charge in [0.15, 0.2) is 0 Å². The lowest BCUT2D eigenvalue weighted by molar-refractivity contribution is 0.0824. The van der Waals surface area contributed by atoms with E-state index in [0.29, 0.717) is 29.9 Å². The number of halogens is 1. The molecule has 0 spiro atoms. The standard InChI is InChI=1S/C17H17FO3/c1-20-14-8-12(9-15(10-14)21-2)17(19)6-5-11-7-13(18)3-4-16(11)17/h3-4,7-10,19H,5-6H2,1-2H3. The summed E-state index contributed by atoms with van der Waals surface area (Å²) in [5.41, 5.74) is 1.16. The van der Waals surface area contributed by atoms with Gasteiger partial charge in [-0.1, -0.05) is 6.07 Å². The molecule has 0 heterocycles. The summed E-state index contributed by atoms with van der Waals surface area (Å²) in [4.78, 5) is 0. The van der Waals surface area contributed by atoms with E-state index in [2.05, 4.69) is 0 Å². The average molecular weight is 288 g/mol. The summed E-state index contributed by atoms with van der Waals surface area (Å²) in [7, 11) is 3.14. The highest BCUT2D eigenvalue weighted by Gasteiger charge is 2.39. The predicted octanol–water partition coefficient (Wildman–Crippen LogP) is 3.03. The summed E-state index contributed by atoms with van der Waals surface area (Å²) in [6, 6.07) is 9.87. The summed E-state index contributed by atoms with van der Waals surface area (Å²) in [6.07, 6.45) is 1.16. The first-order chi connectivity index (χ1) is 10.1. The van der Waals surface area contributed by atoms with E-state index < -0.39 is 5.60 Å². The molecule has 2 aromatic carbocycles. The van der Waals surface area contributed by atoms with E-state index in [9.17, 15) is 9.50 Å². The molecule has 0 aromatic heterocycles. The maximum absolute atomic E-state index is 13.3. The van der Waals surface area contributed by atoms with Gasteiger partial charge in [0.25, 0.3) is 0 Å². The molecule has 1 aliphatic rings. The van der Waals surface area contributed by atoms with Crippen LogP contribution in [0.1, 0.15) is 23.1 Å². The topological polar surface area (TPSA) is 38.7 Å². The molecule has 3 rings (SSSR count). The molecular formula is C17H17FO3. The van der Waals surface area contributed by atoms with Crippen molar-refractivity contribution in [3.8, 4) is 11.5 Å². The van der Waals surface area contributed by atoms with Gasteiger partial charge >= 0.3 is 0 Å². The Hall–Kier alpha value is -2.07. The molecule has 21 heavy (non-hydrogen) atoms. The third-order valence-corrected chi connectivity index (χ3v) is 4.10. The van der Waals surface area contributed by atoms with Crippen LogP contribution < -0.4 is 9.47 Å². The maximum Gasteiger partial charge on any atom is 0.123 e.